The second-order valence-corrected chi connectivity index (χ2v) is 9.13. The SMILES string of the molecule is Cc1ccc(C)c(Cn2c(C(=O)NCc3ccccc3)cc3cc(NC(=O)C(C)C)ccc32)c1. The van der Waals surface area contributed by atoms with Crippen LogP contribution in [-0.2, 0) is 17.9 Å². The number of amides is 2. The highest BCUT2D eigenvalue weighted by molar-refractivity contribution is 6.00. The van der Waals surface area contributed by atoms with Gasteiger partial charge in [0.1, 0.15) is 5.69 Å². The smallest absolute Gasteiger partial charge is 0.268 e. The number of carbonyl (C=O) groups excluding carboxylic acids is 2. The van der Waals surface area contributed by atoms with Crippen molar-refractivity contribution in [2.24, 2.45) is 5.92 Å². The van der Waals surface area contributed by atoms with Gasteiger partial charge in [0.2, 0.25) is 5.91 Å². The van der Waals surface area contributed by atoms with Gasteiger partial charge in [0.15, 0.2) is 0 Å². The molecule has 2 amide bonds. The van der Waals surface area contributed by atoms with E-state index in [0.29, 0.717) is 18.8 Å². The first-order chi connectivity index (χ1) is 16.3. The average molecular weight is 454 g/mol. The summed E-state index contributed by atoms with van der Waals surface area (Å²) in [5, 5.41) is 6.93. The summed E-state index contributed by atoms with van der Waals surface area (Å²) >= 11 is 0. The van der Waals surface area contributed by atoms with Crippen molar-refractivity contribution in [3.8, 4) is 0 Å². The van der Waals surface area contributed by atoms with Crippen LogP contribution in [-0.4, -0.2) is 16.4 Å². The van der Waals surface area contributed by atoms with E-state index >= 15 is 0 Å². The maximum Gasteiger partial charge on any atom is 0.268 e. The molecule has 0 atom stereocenters. The molecule has 0 bridgehead atoms. The first-order valence-corrected chi connectivity index (χ1v) is 11.6. The van der Waals surface area contributed by atoms with Gasteiger partial charge < -0.3 is 15.2 Å². The van der Waals surface area contributed by atoms with Gasteiger partial charge in [-0.25, -0.2) is 0 Å². The lowest BCUT2D eigenvalue weighted by atomic mass is 10.1. The molecule has 5 heteroatoms. The molecule has 0 radical (unpaired) electrons. The lowest BCUT2D eigenvalue weighted by Gasteiger charge is -2.14. The number of benzene rings is 3. The van der Waals surface area contributed by atoms with Crippen LogP contribution in [0.15, 0.2) is 72.8 Å². The Morgan fingerprint density at radius 1 is 0.912 bits per heavy atom. The van der Waals surface area contributed by atoms with Crippen molar-refractivity contribution in [3.63, 3.8) is 0 Å². The van der Waals surface area contributed by atoms with Crippen LogP contribution in [0.1, 0.15) is 46.6 Å². The van der Waals surface area contributed by atoms with E-state index in [4.69, 9.17) is 0 Å². The number of nitrogens with one attached hydrogen (secondary N) is 2. The quantitative estimate of drug-likeness (QED) is 0.370. The Morgan fingerprint density at radius 2 is 1.68 bits per heavy atom. The molecule has 4 aromatic rings. The highest BCUT2D eigenvalue weighted by atomic mass is 16.2. The predicted molar refractivity (Wildman–Crippen MR) is 138 cm³/mol. The summed E-state index contributed by atoms with van der Waals surface area (Å²) in [7, 11) is 0. The fraction of sp³-hybridized carbons (Fsp3) is 0.241. The van der Waals surface area contributed by atoms with Gasteiger partial charge in [0.05, 0.1) is 0 Å². The maximum atomic E-state index is 13.3. The number of anilines is 1. The Labute approximate surface area is 200 Å². The minimum absolute atomic E-state index is 0.0324. The monoisotopic (exact) mass is 453 g/mol. The minimum Gasteiger partial charge on any atom is -0.347 e. The summed E-state index contributed by atoms with van der Waals surface area (Å²) in [6.45, 7) is 8.94. The number of hydrogen-bond donors (Lipinski definition) is 2. The highest BCUT2D eigenvalue weighted by Gasteiger charge is 2.18. The summed E-state index contributed by atoms with van der Waals surface area (Å²) in [5.41, 5.74) is 6.87. The molecule has 4 rings (SSSR count). The predicted octanol–water partition coefficient (Wildman–Crippen LogP) is 5.83. The second-order valence-electron chi connectivity index (χ2n) is 9.13. The first kappa shape index (κ1) is 23.3. The van der Waals surface area contributed by atoms with Crippen molar-refractivity contribution in [1.82, 2.24) is 9.88 Å². The molecule has 0 aliphatic carbocycles. The molecule has 3 aromatic carbocycles. The van der Waals surface area contributed by atoms with Crippen molar-refractivity contribution in [2.75, 3.05) is 5.32 Å². The van der Waals surface area contributed by atoms with E-state index in [1.54, 1.807) is 0 Å². The van der Waals surface area contributed by atoms with Crippen molar-refractivity contribution in [3.05, 3.63) is 101 Å². The second kappa shape index (κ2) is 9.96. The molecule has 174 valence electrons. The van der Waals surface area contributed by atoms with Gasteiger partial charge in [-0.3, -0.25) is 9.59 Å². The van der Waals surface area contributed by atoms with Gasteiger partial charge in [-0.05, 0) is 54.8 Å². The van der Waals surface area contributed by atoms with Gasteiger partial charge in [0.25, 0.3) is 5.91 Å². The highest BCUT2D eigenvalue weighted by Crippen LogP contribution is 2.26. The molecule has 0 aliphatic rings. The number of aromatic nitrogens is 1. The van der Waals surface area contributed by atoms with E-state index in [-0.39, 0.29) is 17.7 Å². The first-order valence-electron chi connectivity index (χ1n) is 11.6. The van der Waals surface area contributed by atoms with Gasteiger partial charge in [-0.1, -0.05) is 67.9 Å². The van der Waals surface area contributed by atoms with Crippen LogP contribution in [0.5, 0.6) is 0 Å². The number of carbonyl (C=O) groups is 2. The molecule has 0 fully saturated rings. The number of aryl methyl sites for hydroxylation is 2. The normalized spacial score (nSPS) is 11.1. The zero-order valence-corrected chi connectivity index (χ0v) is 20.2. The molecule has 1 heterocycles. The van der Waals surface area contributed by atoms with Crippen molar-refractivity contribution >= 4 is 28.4 Å². The number of fused-ring (bicyclic) bond motifs is 1. The van der Waals surface area contributed by atoms with E-state index < -0.39 is 0 Å². The Hall–Kier alpha value is -3.86. The molecule has 0 unspecified atom stereocenters. The van der Waals surface area contributed by atoms with E-state index in [2.05, 4.69) is 47.2 Å². The Balaban J connectivity index is 1.71. The van der Waals surface area contributed by atoms with Crippen LogP contribution in [0.3, 0.4) is 0 Å². The van der Waals surface area contributed by atoms with Crippen LogP contribution < -0.4 is 10.6 Å². The fourth-order valence-electron chi connectivity index (χ4n) is 4.00. The van der Waals surface area contributed by atoms with Crippen LogP contribution in [0, 0.1) is 19.8 Å². The molecule has 34 heavy (non-hydrogen) atoms. The molecule has 0 spiro atoms. The van der Waals surface area contributed by atoms with Gasteiger partial charge in [-0.15, -0.1) is 0 Å². The van der Waals surface area contributed by atoms with Gasteiger partial charge in [0, 0.05) is 35.6 Å². The van der Waals surface area contributed by atoms with Crippen molar-refractivity contribution in [1.29, 1.82) is 0 Å². The lowest BCUT2D eigenvalue weighted by Crippen LogP contribution is -2.25. The third-order valence-corrected chi connectivity index (χ3v) is 6.05. The van der Waals surface area contributed by atoms with E-state index in [0.717, 1.165) is 22.2 Å². The third kappa shape index (κ3) is 5.20. The average Bonchev–Trinajstić information content (AvgIpc) is 3.18. The van der Waals surface area contributed by atoms with E-state index in [1.165, 1.54) is 16.7 Å². The van der Waals surface area contributed by atoms with Crippen LogP contribution in [0.4, 0.5) is 5.69 Å². The third-order valence-electron chi connectivity index (χ3n) is 6.05. The Morgan fingerprint density at radius 3 is 2.41 bits per heavy atom. The summed E-state index contributed by atoms with van der Waals surface area (Å²) in [5.74, 6) is -0.267. The van der Waals surface area contributed by atoms with E-state index in [1.807, 2.05) is 68.4 Å². The molecule has 5 nitrogen and oxygen atoms in total. The summed E-state index contributed by atoms with van der Waals surface area (Å²) in [6.07, 6.45) is 0. The number of nitrogens with zero attached hydrogens (tertiary/aromatic N) is 1. The van der Waals surface area contributed by atoms with Gasteiger partial charge in [-0.2, -0.15) is 0 Å². The number of rotatable bonds is 7. The van der Waals surface area contributed by atoms with Crippen molar-refractivity contribution < 1.29 is 9.59 Å². The van der Waals surface area contributed by atoms with Crippen LogP contribution in [0.25, 0.3) is 10.9 Å². The lowest BCUT2D eigenvalue weighted by molar-refractivity contribution is -0.118. The summed E-state index contributed by atoms with van der Waals surface area (Å²) in [4.78, 5) is 25.5. The number of hydrogen-bond acceptors (Lipinski definition) is 2. The topological polar surface area (TPSA) is 63.1 Å². The minimum atomic E-state index is -0.127. The molecular formula is C29H31N3O2. The molecule has 0 aliphatic heterocycles. The molecule has 1 aromatic heterocycles. The molecule has 0 saturated heterocycles. The van der Waals surface area contributed by atoms with Crippen molar-refractivity contribution in [2.45, 2.75) is 40.8 Å². The molecule has 0 saturated carbocycles. The maximum absolute atomic E-state index is 13.3. The zero-order valence-electron chi connectivity index (χ0n) is 20.2. The van der Waals surface area contributed by atoms with Crippen LogP contribution >= 0.6 is 0 Å². The zero-order chi connectivity index (χ0) is 24.2. The molecular weight excluding hydrogens is 422 g/mol. The fourth-order valence-corrected chi connectivity index (χ4v) is 4.00. The van der Waals surface area contributed by atoms with E-state index in [9.17, 15) is 9.59 Å². The molecule has 2 N–H and O–H groups in total. The summed E-state index contributed by atoms with van der Waals surface area (Å²) in [6, 6.07) is 24.0. The Bertz CT molecular complexity index is 1340. The largest absolute Gasteiger partial charge is 0.347 e. The van der Waals surface area contributed by atoms with Gasteiger partial charge >= 0.3 is 0 Å². The standard InChI is InChI=1S/C29H31N3O2/c1-19(2)28(33)31-25-12-13-26-23(15-25)16-27(29(34)30-17-22-8-6-5-7-9-22)32(26)18-24-14-20(3)10-11-21(24)4/h5-16,19H,17-18H2,1-4H3,(H,30,34)(H,31,33). The summed E-state index contributed by atoms with van der Waals surface area (Å²) < 4.78 is 2.06. The Kier molecular flexibility index (Phi) is 6.82. The van der Waals surface area contributed by atoms with Crippen LogP contribution in [0.2, 0.25) is 0 Å².